The Morgan fingerprint density at radius 2 is 1.63 bits per heavy atom. The number of aliphatic hydroxyl groups is 1. The van der Waals surface area contributed by atoms with Crippen LogP contribution in [-0.2, 0) is 0 Å². The van der Waals surface area contributed by atoms with Crippen molar-refractivity contribution in [2.24, 2.45) is 5.92 Å². The third kappa shape index (κ3) is 3.22. The molecular weight excluding hydrogens is 260 g/mol. The van der Waals surface area contributed by atoms with E-state index in [1.807, 2.05) is 30.3 Å². The van der Waals surface area contributed by atoms with E-state index in [0.29, 0.717) is 10.6 Å². The second-order valence-electron chi connectivity index (χ2n) is 4.52. The standard InChI is InChI=1S/C16H15ClO2/c1-11(15(18)12-5-3-2-4-6-12)16(19)13-7-9-14(17)10-8-13/h2-11,15,18H,1H3/t11-,15-/m1/s1. The number of hydrogen-bond acceptors (Lipinski definition) is 2. The van der Waals surface area contributed by atoms with Gasteiger partial charge in [0.15, 0.2) is 5.78 Å². The second kappa shape index (κ2) is 6.00. The topological polar surface area (TPSA) is 37.3 Å². The Balaban J connectivity index is 2.17. The van der Waals surface area contributed by atoms with E-state index < -0.39 is 12.0 Å². The molecule has 0 bridgehead atoms. The molecule has 3 heteroatoms. The van der Waals surface area contributed by atoms with Crippen LogP contribution in [0.1, 0.15) is 28.9 Å². The molecule has 0 aliphatic rings. The van der Waals surface area contributed by atoms with Crippen LogP contribution in [-0.4, -0.2) is 10.9 Å². The van der Waals surface area contributed by atoms with Gasteiger partial charge >= 0.3 is 0 Å². The summed E-state index contributed by atoms with van der Waals surface area (Å²) in [4.78, 5) is 12.3. The summed E-state index contributed by atoms with van der Waals surface area (Å²) in [7, 11) is 0. The highest BCUT2D eigenvalue weighted by atomic mass is 35.5. The average Bonchev–Trinajstić information content (AvgIpc) is 2.46. The van der Waals surface area contributed by atoms with Gasteiger partial charge in [-0.15, -0.1) is 0 Å². The molecule has 98 valence electrons. The maximum Gasteiger partial charge on any atom is 0.168 e. The molecule has 2 nitrogen and oxygen atoms in total. The first kappa shape index (κ1) is 13.8. The van der Waals surface area contributed by atoms with Crippen molar-refractivity contribution in [1.82, 2.24) is 0 Å². The first-order chi connectivity index (χ1) is 9.09. The van der Waals surface area contributed by atoms with Crippen molar-refractivity contribution in [1.29, 1.82) is 0 Å². The first-order valence-corrected chi connectivity index (χ1v) is 6.50. The lowest BCUT2D eigenvalue weighted by atomic mass is 9.90. The number of hydrogen-bond donors (Lipinski definition) is 1. The quantitative estimate of drug-likeness (QED) is 0.859. The number of carbonyl (C=O) groups excluding carboxylic acids is 1. The summed E-state index contributed by atoms with van der Waals surface area (Å²) in [5.74, 6) is -0.586. The van der Waals surface area contributed by atoms with Gasteiger partial charge in [0.1, 0.15) is 0 Å². The maximum atomic E-state index is 12.3. The molecule has 0 amide bonds. The Morgan fingerprint density at radius 3 is 2.21 bits per heavy atom. The molecule has 0 radical (unpaired) electrons. The normalized spacial score (nSPS) is 13.8. The van der Waals surface area contributed by atoms with E-state index in [1.54, 1.807) is 31.2 Å². The van der Waals surface area contributed by atoms with Crippen LogP contribution in [0, 0.1) is 5.92 Å². The molecule has 0 fully saturated rings. The molecule has 1 N–H and O–H groups in total. The van der Waals surface area contributed by atoms with Gasteiger partial charge in [0.25, 0.3) is 0 Å². The van der Waals surface area contributed by atoms with Gasteiger partial charge < -0.3 is 5.11 Å². The minimum Gasteiger partial charge on any atom is -0.388 e. The van der Waals surface area contributed by atoms with Gasteiger partial charge in [0, 0.05) is 16.5 Å². The summed E-state index contributed by atoms with van der Waals surface area (Å²) in [6, 6.07) is 15.9. The number of carbonyl (C=O) groups is 1. The fraction of sp³-hybridized carbons (Fsp3) is 0.188. The SMILES string of the molecule is C[C@@H](C(=O)c1ccc(Cl)cc1)[C@@H](O)c1ccccc1. The number of ketones is 1. The van der Waals surface area contributed by atoms with Crippen LogP contribution in [0.2, 0.25) is 5.02 Å². The Bertz CT molecular complexity index is 549. The van der Waals surface area contributed by atoms with Crippen molar-refractivity contribution in [3.63, 3.8) is 0 Å². The van der Waals surface area contributed by atoms with Gasteiger partial charge in [-0.1, -0.05) is 48.9 Å². The van der Waals surface area contributed by atoms with Gasteiger partial charge in [0.2, 0.25) is 0 Å². The number of aliphatic hydroxyl groups excluding tert-OH is 1. The molecule has 0 saturated carbocycles. The van der Waals surface area contributed by atoms with Crippen molar-refractivity contribution in [3.8, 4) is 0 Å². The molecule has 0 aliphatic carbocycles. The second-order valence-corrected chi connectivity index (χ2v) is 4.95. The average molecular weight is 275 g/mol. The maximum absolute atomic E-state index is 12.3. The Morgan fingerprint density at radius 1 is 1.05 bits per heavy atom. The van der Waals surface area contributed by atoms with Crippen LogP contribution in [0.5, 0.6) is 0 Å². The van der Waals surface area contributed by atoms with Gasteiger partial charge in [-0.05, 0) is 29.8 Å². The minimum absolute atomic E-state index is 0.0898. The monoisotopic (exact) mass is 274 g/mol. The van der Waals surface area contributed by atoms with Crippen molar-refractivity contribution < 1.29 is 9.90 Å². The fourth-order valence-electron chi connectivity index (χ4n) is 1.96. The van der Waals surface area contributed by atoms with Gasteiger partial charge in [-0.2, -0.15) is 0 Å². The minimum atomic E-state index is -0.802. The van der Waals surface area contributed by atoms with Gasteiger partial charge in [0.05, 0.1) is 6.10 Å². The van der Waals surface area contributed by atoms with Crippen LogP contribution < -0.4 is 0 Å². The predicted octanol–water partition coefficient (Wildman–Crippen LogP) is 3.89. The number of Topliss-reactive ketones (excluding diaryl/α,β-unsaturated/α-hetero) is 1. The number of benzene rings is 2. The van der Waals surface area contributed by atoms with Gasteiger partial charge in [-0.25, -0.2) is 0 Å². The zero-order valence-corrected chi connectivity index (χ0v) is 11.3. The van der Waals surface area contributed by atoms with E-state index >= 15 is 0 Å². The molecule has 0 aliphatic heterocycles. The molecule has 0 saturated heterocycles. The summed E-state index contributed by atoms with van der Waals surface area (Å²) >= 11 is 5.79. The molecule has 2 atom stereocenters. The molecule has 0 aromatic heterocycles. The van der Waals surface area contributed by atoms with Crippen LogP contribution in [0.25, 0.3) is 0 Å². The highest BCUT2D eigenvalue weighted by molar-refractivity contribution is 6.30. The van der Waals surface area contributed by atoms with Crippen molar-refractivity contribution in [3.05, 3.63) is 70.7 Å². The Labute approximate surface area is 117 Å². The van der Waals surface area contributed by atoms with E-state index in [9.17, 15) is 9.90 Å². The lowest BCUT2D eigenvalue weighted by Crippen LogP contribution is -2.19. The fourth-order valence-corrected chi connectivity index (χ4v) is 2.09. The largest absolute Gasteiger partial charge is 0.388 e. The molecule has 2 aromatic rings. The zero-order valence-electron chi connectivity index (χ0n) is 10.6. The lowest BCUT2D eigenvalue weighted by Gasteiger charge is -2.18. The van der Waals surface area contributed by atoms with E-state index in [4.69, 9.17) is 11.6 Å². The van der Waals surface area contributed by atoms with Crippen molar-refractivity contribution in [2.45, 2.75) is 13.0 Å². The van der Waals surface area contributed by atoms with E-state index in [0.717, 1.165) is 5.56 Å². The van der Waals surface area contributed by atoms with E-state index in [-0.39, 0.29) is 5.78 Å². The summed E-state index contributed by atoms with van der Waals surface area (Å²) in [6.07, 6.45) is -0.802. The third-order valence-corrected chi connectivity index (χ3v) is 3.41. The highest BCUT2D eigenvalue weighted by Gasteiger charge is 2.24. The van der Waals surface area contributed by atoms with Crippen LogP contribution in [0.3, 0.4) is 0 Å². The molecular formula is C16H15ClO2. The molecule has 0 spiro atoms. The summed E-state index contributed by atoms with van der Waals surface area (Å²) in [6.45, 7) is 1.73. The predicted molar refractivity (Wildman–Crippen MR) is 76.3 cm³/mol. The van der Waals surface area contributed by atoms with Crippen LogP contribution >= 0.6 is 11.6 Å². The van der Waals surface area contributed by atoms with E-state index in [2.05, 4.69) is 0 Å². The van der Waals surface area contributed by atoms with Crippen molar-refractivity contribution >= 4 is 17.4 Å². The highest BCUT2D eigenvalue weighted by Crippen LogP contribution is 2.25. The molecule has 2 aromatic carbocycles. The summed E-state index contributed by atoms with van der Waals surface area (Å²) in [5.41, 5.74) is 1.31. The molecule has 0 heterocycles. The Kier molecular flexibility index (Phi) is 4.35. The van der Waals surface area contributed by atoms with Crippen LogP contribution in [0.4, 0.5) is 0 Å². The summed E-state index contributed by atoms with van der Waals surface area (Å²) in [5, 5.41) is 10.8. The smallest absolute Gasteiger partial charge is 0.168 e. The van der Waals surface area contributed by atoms with Crippen molar-refractivity contribution in [2.75, 3.05) is 0 Å². The number of halogens is 1. The molecule has 19 heavy (non-hydrogen) atoms. The summed E-state index contributed by atoms with van der Waals surface area (Å²) < 4.78 is 0. The zero-order chi connectivity index (χ0) is 13.8. The number of rotatable bonds is 4. The van der Waals surface area contributed by atoms with Gasteiger partial charge in [-0.3, -0.25) is 4.79 Å². The first-order valence-electron chi connectivity index (χ1n) is 6.12. The molecule has 0 unspecified atom stereocenters. The molecule has 2 rings (SSSR count). The third-order valence-electron chi connectivity index (χ3n) is 3.16. The lowest BCUT2D eigenvalue weighted by molar-refractivity contribution is 0.0714. The Hall–Kier alpha value is -1.64. The van der Waals surface area contributed by atoms with Crippen LogP contribution in [0.15, 0.2) is 54.6 Å². The van der Waals surface area contributed by atoms with E-state index in [1.165, 1.54) is 0 Å².